The number of pyridine rings is 2. The molecule has 0 saturated heterocycles. The third kappa shape index (κ3) is 6.16. The summed E-state index contributed by atoms with van der Waals surface area (Å²) in [5.41, 5.74) is 5.10. The lowest BCUT2D eigenvalue weighted by atomic mass is 9.95. The summed E-state index contributed by atoms with van der Waals surface area (Å²) < 4.78 is 31.0. The number of aromatic nitrogens is 4. The van der Waals surface area contributed by atoms with Crippen LogP contribution in [0.5, 0.6) is 0 Å². The molecule has 1 aliphatic heterocycles. The predicted molar refractivity (Wildman–Crippen MR) is 173 cm³/mol. The van der Waals surface area contributed by atoms with Crippen LogP contribution in [0.4, 0.5) is 20.2 Å². The first kappa shape index (κ1) is 30.0. The number of fused-ring (bicyclic) bond motifs is 2. The Bertz CT molecular complexity index is 1960. The average Bonchev–Trinajstić information content (AvgIpc) is 3.61. The van der Waals surface area contributed by atoms with Crippen molar-refractivity contribution in [3.8, 4) is 22.4 Å². The number of rotatable bonds is 8. The van der Waals surface area contributed by atoms with E-state index in [0.29, 0.717) is 75.0 Å². The first-order valence-electron chi connectivity index (χ1n) is 14.7. The first-order chi connectivity index (χ1) is 21.5. The van der Waals surface area contributed by atoms with Crippen LogP contribution in [0.1, 0.15) is 37.7 Å². The summed E-state index contributed by atoms with van der Waals surface area (Å²) in [6.45, 7) is 7.20. The van der Waals surface area contributed by atoms with Crippen LogP contribution in [0.25, 0.3) is 33.4 Å². The van der Waals surface area contributed by atoms with Crippen LogP contribution >= 0.6 is 0 Å². The Balaban J connectivity index is 1.34. The van der Waals surface area contributed by atoms with Crippen molar-refractivity contribution in [2.45, 2.75) is 27.3 Å². The summed E-state index contributed by atoms with van der Waals surface area (Å²) in [5.74, 6) is -0.630. The Kier molecular flexibility index (Phi) is 7.88. The summed E-state index contributed by atoms with van der Waals surface area (Å²) in [6, 6.07) is 11.7. The number of nitrogens with zero attached hydrogens (tertiary/aromatic N) is 5. The van der Waals surface area contributed by atoms with Gasteiger partial charge in [0.1, 0.15) is 22.9 Å². The van der Waals surface area contributed by atoms with Crippen LogP contribution in [-0.2, 0) is 11.3 Å². The average molecular weight is 609 g/mol. The molecule has 0 atom stereocenters. The number of carbonyl (C=O) groups excluding carboxylic acids is 1. The number of halogens is 2. The number of hydrogen-bond donors (Lipinski definition) is 3. The summed E-state index contributed by atoms with van der Waals surface area (Å²) in [6.07, 6.45) is 4.73. The van der Waals surface area contributed by atoms with Gasteiger partial charge in [0.05, 0.1) is 29.6 Å². The number of carbonyl (C=O) groups is 1. The van der Waals surface area contributed by atoms with E-state index in [2.05, 4.69) is 30.6 Å². The van der Waals surface area contributed by atoms with Gasteiger partial charge >= 0.3 is 0 Å². The summed E-state index contributed by atoms with van der Waals surface area (Å²) in [7, 11) is 3.95. The van der Waals surface area contributed by atoms with E-state index in [1.165, 1.54) is 18.3 Å². The lowest BCUT2D eigenvalue weighted by Crippen LogP contribution is -2.27. The van der Waals surface area contributed by atoms with E-state index in [0.717, 1.165) is 12.1 Å². The van der Waals surface area contributed by atoms with Crippen LogP contribution in [-0.4, -0.2) is 63.6 Å². The molecule has 3 N–H and O–H groups in total. The quantitative estimate of drug-likeness (QED) is 0.191. The Morgan fingerprint density at radius 3 is 2.60 bits per heavy atom. The molecule has 230 valence electrons. The molecule has 2 aromatic carbocycles. The van der Waals surface area contributed by atoms with Crippen molar-refractivity contribution >= 4 is 34.0 Å². The molecule has 4 heterocycles. The first-order valence-corrected chi connectivity index (χ1v) is 14.7. The molecular formula is C34H34F2N8O. The lowest BCUT2D eigenvalue weighted by molar-refractivity contribution is -0.123. The SMILES string of the molecule is CN(C)CCNc1cc(F)cc(-c2nccc3[nH]c(C4=NCc5ccc(-c6cncc(NC(=O)C(C)(C)C)c6)c(F)c54)nc23)c1. The molecule has 1 aliphatic rings. The Morgan fingerprint density at radius 1 is 1.02 bits per heavy atom. The molecule has 0 spiro atoms. The van der Waals surface area contributed by atoms with Gasteiger partial charge in [-0.25, -0.2) is 13.8 Å². The van der Waals surface area contributed by atoms with E-state index < -0.39 is 17.0 Å². The third-order valence-electron chi connectivity index (χ3n) is 7.55. The smallest absolute Gasteiger partial charge is 0.229 e. The van der Waals surface area contributed by atoms with E-state index >= 15 is 4.39 Å². The van der Waals surface area contributed by atoms with Gasteiger partial charge in [-0.15, -0.1) is 0 Å². The molecular weight excluding hydrogens is 574 g/mol. The Hall–Kier alpha value is -5.03. The minimum Gasteiger partial charge on any atom is -0.384 e. The van der Waals surface area contributed by atoms with Crippen molar-refractivity contribution in [2.24, 2.45) is 10.4 Å². The zero-order valence-corrected chi connectivity index (χ0v) is 25.8. The van der Waals surface area contributed by atoms with Gasteiger partial charge in [-0.3, -0.25) is 19.8 Å². The highest BCUT2D eigenvalue weighted by Crippen LogP contribution is 2.34. The standard InChI is InChI=1S/C34H34F2N8O/c1-34(2,3)33(45)41-24-14-21(16-37-18-24)25-7-6-19-17-40-31(27(19)28(25)36)32-42-26-8-9-39-29(30(26)43-32)20-12-22(35)15-23(13-20)38-10-11-44(4)5/h6-9,12-16,18,38H,10-11,17H2,1-5H3,(H,41,45)(H,42,43). The van der Waals surface area contributed by atoms with Crippen LogP contribution in [0.3, 0.4) is 0 Å². The maximum Gasteiger partial charge on any atom is 0.229 e. The van der Waals surface area contributed by atoms with Gasteiger partial charge in [0.2, 0.25) is 5.91 Å². The monoisotopic (exact) mass is 608 g/mol. The summed E-state index contributed by atoms with van der Waals surface area (Å²) in [5, 5.41) is 6.11. The minimum atomic E-state index is -0.595. The number of nitrogens with one attached hydrogen (secondary N) is 3. The lowest BCUT2D eigenvalue weighted by Gasteiger charge is -2.18. The van der Waals surface area contributed by atoms with Gasteiger partial charge in [-0.05, 0) is 50.0 Å². The molecule has 1 amide bonds. The second kappa shape index (κ2) is 11.8. The molecule has 0 aliphatic carbocycles. The normalized spacial score (nSPS) is 12.8. The van der Waals surface area contributed by atoms with Gasteiger partial charge in [0, 0.05) is 58.8 Å². The van der Waals surface area contributed by atoms with Crippen molar-refractivity contribution < 1.29 is 13.6 Å². The second-order valence-electron chi connectivity index (χ2n) is 12.4. The molecule has 5 aromatic rings. The maximum atomic E-state index is 16.3. The summed E-state index contributed by atoms with van der Waals surface area (Å²) in [4.78, 5) is 36.1. The fourth-order valence-electron chi connectivity index (χ4n) is 5.15. The van der Waals surface area contributed by atoms with Crippen LogP contribution < -0.4 is 10.6 Å². The molecule has 0 radical (unpaired) electrons. The molecule has 0 fully saturated rings. The van der Waals surface area contributed by atoms with Crippen molar-refractivity contribution in [1.29, 1.82) is 0 Å². The van der Waals surface area contributed by atoms with Crippen molar-refractivity contribution in [1.82, 2.24) is 24.8 Å². The molecule has 11 heteroatoms. The molecule has 0 unspecified atom stereocenters. The second-order valence-corrected chi connectivity index (χ2v) is 12.4. The number of aliphatic imine (C=N–C) groups is 1. The third-order valence-corrected chi connectivity index (χ3v) is 7.55. The predicted octanol–water partition coefficient (Wildman–Crippen LogP) is 6.27. The molecule has 3 aromatic heterocycles. The minimum absolute atomic E-state index is 0.168. The van der Waals surface area contributed by atoms with Crippen LogP contribution in [0.15, 0.2) is 66.0 Å². The highest BCUT2D eigenvalue weighted by molar-refractivity contribution is 6.15. The molecule has 6 rings (SSSR count). The maximum absolute atomic E-state index is 16.3. The summed E-state index contributed by atoms with van der Waals surface area (Å²) >= 11 is 0. The molecule has 9 nitrogen and oxygen atoms in total. The number of benzene rings is 2. The van der Waals surface area contributed by atoms with E-state index in [9.17, 15) is 9.18 Å². The van der Waals surface area contributed by atoms with Gasteiger partial charge in [-0.1, -0.05) is 32.9 Å². The zero-order chi connectivity index (χ0) is 31.9. The number of imidazole rings is 1. The van der Waals surface area contributed by atoms with Crippen molar-refractivity contribution in [3.05, 3.63) is 89.6 Å². The fourth-order valence-corrected chi connectivity index (χ4v) is 5.15. The van der Waals surface area contributed by atoms with Gasteiger partial charge in [0.25, 0.3) is 0 Å². The van der Waals surface area contributed by atoms with Crippen molar-refractivity contribution in [3.63, 3.8) is 0 Å². The number of likely N-dealkylation sites (N-methyl/N-ethyl adjacent to an activating group) is 1. The number of H-pyrrole nitrogens is 1. The van der Waals surface area contributed by atoms with E-state index in [1.807, 2.05) is 51.9 Å². The van der Waals surface area contributed by atoms with Crippen LogP contribution in [0.2, 0.25) is 0 Å². The van der Waals surface area contributed by atoms with Crippen LogP contribution in [0, 0.1) is 17.0 Å². The van der Waals surface area contributed by atoms with Gasteiger partial charge < -0.3 is 20.5 Å². The largest absolute Gasteiger partial charge is 0.384 e. The van der Waals surface area contributed by atoms with E-state index in [1.54, 1.807) is 30.6 Å². The number of amides is 1. The van der Waals surface area contributed by atoms with E-state index in [-0.39, 0.29) is 5.91 Å². The number of anilines is 2. The highest BCUT2D eigenvalue weighted by Gasteiger charge is 2.27. The topological polar surface area (TPSA) is 111 Å². The molecule has 0 bridgehead atoms. The zero-order valence-electron chi connectivity index (χ0n) is 25.8. The number of aromatic amines is 1. The van der Waals surface area contributed by atoms with Gasteiger partial charge in [-0.2, -0.15) is 0 Å². The van der Waals surface area contributed by atoms with Gasteiger partial charge in [0.15, 0.2) is 5.82 Å². The van der Waals surface area contributed by atoms with Crippen molar-refractivity contribution in [2.75, 3.05) is 37.8 Å². The highest BCUT2D eigenvalue weighted by atomic mass is 19.1. The Morgan fingerprint density at radius 2 is 1.82 bits per heavy atom. The van der Waals surface area contributed by atoms with E-state index in [4.69, 9.17) is 4.98 Å². The fraction of sp³-hybridized carbons (Fsp3) is 0.265. The number of hydrogen-bond acceptors (Lipinski definition) is 7. The molecule has 0 saturated carbocycles. The Labute approximate surface area is 259 Å². The molecule has 45 heavy (non-hydrogen) atoms.